The van der Waals surface area contributed by atoms with Crippen molar-refractivity contribution in [3.05, 3.63) is 23.2 Å². The summed E-state index contributed by atoms with van der Waals surface area (Å²) in [5, 5.41) is 0.730. The van der Waals surface area contributed by atoms with E-state index in [-0.39, 0.29) is 0 Å². The van der Waals surface area contributed by atoms with Crippen molar-refractivity contribution in [1.82, 2.24) is 14.5 Å². The summed E-state index contributed by atoms with van der Waals surface area (Å²) in [6, 6.07) is 6.36. The Kier molecular flexibility index (Phi) is 3.61. The van der Waals surface area contributed by atoms with E-state index in [1.807, 2.05) is 18.2 Å². The molecular weight excluding hydrogens is 272 g/mol. The van der Waals surface area contributed by atoms with Crippen LogP contribution in [0, 0.1) is 5.92 Å². The molecule has 108 valence electrons. The van der Waals surface area contributed by atoms with Crippen LogP contribution in [-0.2, 0) is 6.54 Å². The lowest BCUT2D eigenvalue weighted by atomic mass is 10.1. The number of nitrogens with zero attached hydrogens (tertiary/aromatic N) is 3. The highest BCUT2D eigenvalue weighted by atomic mass is 35.5. The third kappa shape index (κ3) is 2.50. The fourth-order valence-electron chi connectivity index (χ4n) is 3.05. The van der Waals surface area contributed by atoms with Gasteiger partial charge in [-0.05, 0) is 50.9 Å². The van der Waals surface area contributed by atoms with Crippen LogP contribution >= 0.6 is 11.6 Å². The molecule has 2 N–H and O–H groups in total. The summed E-state index contributed by atoms with van der Waals surface area (Å²) in [6.45, 7) is 7.74. The Bertz CT molecular complexity index is 620. The first-order valence-corrected chi connectivity index (χ1v) is 7.57. The summed E-state index contributed by atoms with van der Waals surface area (Å²) in [4.78, 5) is 6.94. The zero-order valence-electron chi connectivity index (χ0n) is 12.0. The lowest BCUT2D eigenvalue weighted by Crippen LogP contribution is -2.28. The first kappa shape index (κ1) is 13.7. The average Bonchev–Trinajstić information content (AvgIpc) is 2.97. The smallest absolute Gasteiger partial charge is 0.201 e. The van der Waals surface area contributed by atoms with Crippen molar-refractivity contribution < 1.29 is 0 Å². The quantitative estimate of drug-likeness (QED) is 0.946. The lowest BCUT2D eigenvalue weighted by molar-refractivity contribution is 0.261. The number of aromatic nitrogens is 2. The number of benzene rings is 1. The minimum absolute atomic E-state index is 0.588. The van der Waals surface area contributed by atoms with Crippen molar-refractivity contribution in [2.45, 2.75) is 32.9 Å². The molecule has 0 bridgehead atoms. The molecule has 1 aliphatic heterocycles. The van der Waals surface area contributed by atoms with Crippen LogP contribution < -0.4 is 5.73 Å². The van der Waals surface area contributed by atoms with Crippen molar-refractivity contribution in [3.8, 4) is 0 Å². The molecule has 1 fully saturated rings. The predicted octanol–water partition coefficient (Wildman–Crippen LogP) is 3.00. The molecule has 1 aromatic heterocycles. The van der Waals surface area contributed by atoms with Gasteiger partial charge in [0.25, 0.3) is 0 Å². The summed E-state index contributed by atoms with van der Waals surface area (Å²) < 4.78 is 2.11. The largest absolute Gasteiger partial charge is 0.369 e. The maximum Gasteiger partial charge on any atom is 0.201 e. The van der Waals surface area contributed by atoms with Gasteiger partial charge in [0.05, 0.1) is 11.0 Å². The van der Waals surface area contributed by atoms with Crippen molar-refractivity contribution in [1.29, 1.82) is 0 Å². The highest BCUT2D eigenvalue weighted by Gasteiger charge is 2.25. The van der Waals surface area contributed by atoms with Crippen molar-refractivity contribution in [2.75, 3.05) is 18.8 Å². The Labute approximate surface area is 124 Å². The van der Waals surface area contributed by atoms with E-state index in [9.17, 15) is 0 Å². The van der Waals surface area contributed by atoms with Gasteiger partial charge in [-0.1, -0.05) is 11.6 Å². The number of halogens is 1. The molecular formula is C15H21ClN4. The molecule has 0 spiro atoms. The zero-order valence-corrected chi connectivity index (χ0v) is 12.8. The molecule has 20 heavy (non-hydrogen) atoms. The van der Waals surface area contributed by atoms with E-state index in [1.165, 1.54) is 13.0 Å². The Morgan fingerprint density at radius 3 is 2.95 bits per heavy atom. The standard InChI is InChI=1S/C15H21ClN4/c1-10(2)19-6-5-11(8-19)9-20-14-7-12(16)3-4-13(14)18-15(20)17/h3-4,7,10-11H,5-6,8-9H2,1-2H3,(H2,17,18). The van der Waals surface area contributed by atoms with E-state index >= 15 is 0 Å². The molecule has 1 aromatic carbocycles. The summed E-state index contributed by atoms with van der Waals surface area (Å²) >= 11 is 6.09. The first-order valence-electron chi connectivity index (χ1n) is 7.20. The second-order valence-electron chi connectivity index (χ2n) is 5.96. The normalized spacial score (nSPS) is 20.3. The maximum atomic E-state index is 6.09. The van der Waals surface area contributed by atoms with Crippen molar-refractivity contribution >= 4 is 28.6 Å². The molecule has 0 amide bonds. The molecule has 1 saturated heterocycles. The van der Waals surface area contributed by atoms with Crippen LogP contribution in [0.2, 0.25) is 5.02 Å². The number of imidazole rings is 1. The molecule has 4 nitrogen and oxygen atoms in total. The minimum atomic E-state index is 0.588. The molecule has 3 rings (SSSR count). The highest BCUT2D eigenvalue weighted by Crippen LogP contribution is 2.26. The van der Waals surface area contributed by atoms with Gasteiger partial charge in [-0.15, -0.1) is 0 Å². The van der Waals surface area contributed by atoms with Crippen LogP contribution in [0.1, 0.15) is 20.3 Å². The lowest BCUT2D eigenvalue weighted by Gasteiger charge is -2.20. The Morgan fingerprint density at radius 1 is 1.45 bits per heavy atom. The van der Waals surface area contributed by atoms with Gasteiger partial charge in [-0.3, -0.25) is 0 Å². The van der Waals surface area contributed by atoms with Gasteiger partial charge in [-0.2, -0.15) is 0 Å². The Hall–Kier alpha value is -1.26. The molecule has 0 saturated carbocycles. The van der Waals surface area contributed by atoms with E-state index < -0.39 is 0 Å². The monoisotopic (exact) mass is 292 g/mol. The summed E-state index contributed by atoms with van der Waals surface area (Å²) in [6.07, 6.45) is 1.22. The van der Waals surface area contributed by atoms with E-state index in [4.69, 9.17) is 17.3 Å². The zero-order chi connectivity index (χ0) is 14.3. The van der Waals surface area contributed by atoms with E-state index in [0.29, 0.717) is 17.9 Å². The van der Waals surface area contributed by atoms with E-state index in [2.05, 4.69) is 28.3 Å². The Morgan fingerprint density at radius 2 is 2.25 bits per heavy atom. The van der Waals surface area contributed by atoms with Crippen LogP contribution in [0.25, 0.3) is 11.0 Å². The van der Waals surface area contributed by atoms with Crippen molar-refractivity contribution in [2.24, 2.45) is 5.92 Å². The van der Waals surface area contributed by atoms with Crippen LogP contribution in [0.5, 0.6) is 0 Å². The van der Waals surface area contributed by atoms with E-state index in [1.54, 1.807) is 0 Å². The second kappa shape index (κ2) is 5.26. The summed E-state index contributed by atoms with van der Waals surface area (Å²) in [5.74, 6) is 1.22. The minimum Gasteiger partial charge on any atom is -0.369 e. The molecule has 2 heterocycles. The van der Waals surface area contributed by atoms with Crippen LogP contribution in [-0.4, -0.2) is 33.6 Å². The third-order valence-electron chi connectivity index (χ3n) is 4.23. The molecule has 1 aliphatic rings. The predicted molar refractivity (Wildman–Crippen MR) is 84.0 cm³/mol. The highest BCUT2D eigenvalue weighted by molar-refractivity contribution is 6.31. The van der Waals surface area contributed by atoms with Crippen molar-refractivity contribution in [3.63, 3.8) is 0 Å². The summed E-state index contributed by atoms with van der Waals surface area (Å²) in [5.41, 5.74) is 8.03. The number of nitrogen functional groups attached to an aromatic ring is 1. The number of nitrogens with two attached hydrogens (primary N) is 1. The molecule has 5 heteroatoms. The van der Waals surface area contributed by atoms with Gasteiger partial charge in [-0.25, -0.2) is 4.98 Å². The van der Waals surface area contributed by atoms with Gasteiger partial charge < -0.3 is 15.2 Å². The van der Waals surface area contributed by atoms with Gasteiger partial charge in [0.1, 0.15) is 0 Å². The molecule has 0 aliphatic carbocycles. The number of fused-ring (bicyclic) bond motifs is 1. The third-order valence-corrected chi connectivity index (χ3v) is 4.46. The van der Waals surface area contributed by atoms with Crippen LogP contribution in [0.4, 0.5) is 5.95 Å². The van der Waals surface area contributed by atoms with Gasteiger partial charge in [0.15, 0.2) is 0 Å². The number of hydrogen-bond donors (Lipinski definition) is 1. The van der Waals surface area contributed by atoms with Crippen LogP contribution in [0.3, 0.4) is 0 Å². The molecule has 0 radical (unpaired) electrons. The molecule has 1 unspecified atom stereocenters. The van der Waals surface area contributed by atoms with Gasteiger partial charge in [0, 0.05) is 24.2 Å². The van der Waals surface area contributed by atoms with Gasteiger partial charge in [0.2, 0.25) is 5.95 Å². The SMILES string of the molecule is CC(C)N1CCC(Cn2c(N)nc3ccc(Cl)cc32)C1. The fourth-order valence-corrected chi connectivity index (χ4v) is 3.21. The van der Waals surface area contributed by atoms with Gasteiger partial charge >= 0.3 is 0 Å². The fraction of sp³-hybridized carbons (Fsp3) is 0.533. The number of likely N-dealkylation sites (tertiary alicyclic amines) is 1. The Balaban J connectivity index is 1.84. The molecule has 2 aromatic rings. The second-order valence-corrected chi connectivity index (χ2v) is 6.39. The maximum absolute atomic E-state index is 6.09. The number of anilines is 1. The average molecular weight is 293 g/mol. The molecule has 1 atom stereocenters. The summed E-state index contributed by atoms with van der Waals surface area (Å²) in [7, 11) is 0. The first-order chi connectivity index (χ1) is 9.54. The van der Waals surface area contributed by atoms with E-state index in [0.717, 1.165) is 29.1 Å². The number of rotatable bonds is 3. The number of hydrogen-bond acceptors (Lipinski definition) is 3. The topological polar surface area (TPSA) is 47.1 Å². The van der Waals surface area contributed by atoms with Crippen LogP contribution in [0.15, 0.2) is 18.2 Å².